The summed E-state index contributed by atoms with van der Waals surface area (Å²) in [4.78, 5) is 13.4. The standard InChI is InChI=1S/C19H21NO3S/c1-22-16-6-2-3-7-17(16)23-13-19(21)20-12-14-8-9-18-15(11-14)5-4-10-24-18/h2-3,6-9,11H,4-5,10,12-13H2,1H3,(H,20,21). The van der Waals surface area contributed by atoms with Crippen molar-refractivity contribution in [1.82, 2.24) is 5.32 Å². The van der Waals surface area contributed by atoms with Crippen LogP contribution < -0.4 is 14.8 Å². The molecule has 0 saturated carbocycles. The molecule has 1 N–H and O–H groups in total. The lowest BCUT2D eigenvalue weighted by molar-refractivity contribution is -0.123. The average molecular weight is 343 g/mol. The Bertz CT molecular complexity index is 718. The van der Waals surface area contributed by atoms with E-state index in [0.29, 0.717) is 18.0 Å². The molecule has 0 aliphatic carbocycles. The minimum absolute atomic E-state index is 0.0266. The van der Waals surface area contributed by atoms with E-state index in [-0.39, 0.29) is 12.5 Å². The number of thioether (sulfide) groups is 1. The van der Waals surface area contributed by atoms with Crippen molar-refractivity contribution >= 4 is 17.7 Å². The van der Waals surface area contributed by atoms with Gasteiger partial charge in [-0.1, -0.05) is 24.3 Å². The average Bonchev–Trinajstić information content (AvgIpc) is 2.64. The Morgan fingerprint density at radius 2 is 2.04 bits per heavy atom. The molecule has 1 amide bonds. The van der Waals surface area contributed by atoms with Gasteiger partial charge in [0.05, 0.1) is 7.11 Å². The summed E-state index contributed by atoms with van der Waals surface area (Å²) in [6.07, 6.45) is 2.35. The van der Waals surface area contributed by atoms with Crippen molar-refractivity contribution in [2.24, 2.45) is 0 Å². The quantitative estimate of drug-likeness (QED) is 0.873. The summed E-state index contributed by atoms with van der Waals surface area (Å²) in [6.45, 7) is 0.493. The molecular weight excluding hydrogens is 322 g/mol. The number of nitrogens with one attached hydrogen (secondary N) is 1. The van der Waals surface area contributed by atoms with E-state index in [2.05, 4.69) is 23.5 Å². The molecule has 2 aromatic rings. The first-order chi connectivity index (χ1) is 11.8. The van der Waals surface area contributed by atoms with Crippen LogP contribution in [0, 0.1) is 0 Å². The maximum absolute atomic E-state index is 12.0. The number of carbonyl (C=O) groups excluding carboxylic acids is 1. The maximum Gasteiger partial charge on any atom is 0.258 e. The van der Waals surface area contributed by atoms with Crippen LogP contribution in [0.2, 0.25) is 0 Å². The van der Waals surface area contributed by atoms with Gasteiger partial charge in [0.2, 0.25) is 0 Å². The van der Waals surface area contributed by atoms with Crippen molar-refractivity contribution < 1.29 is 14.3 Å². The molecular formula is C19H21NO3S. The largest absolute Gasteiger partial charge is 0.493 e. The molecule has 2 aromatic carbocycles. The SMILES string of the molecule is COc1ccccc1OCC(=O)NCc1ccc2c(c1)CCCS2. The number of aryl methyl sites for hydroxylation is 1. The minimum atomic E-state index is -0.145. The van der Waals surface area contributed by atoms with Crippen molar-refractivity contribution in [3.05, 3.63) is 53.6 Å². The number of fused-ring (bicyclic) bond motifs is 1. The summed E-state index contributed by atoms with van der Waals surface area (Å²) in [6, 6.07) is 13.7. The number of hydrogen-bond donors (Lipinski definition) is 1. The lowest BCUT2D eigenvalue weighted by Gasteiger charge is -2.16. The fraction of sp³-hybridized carbons (Fsp3) is 0.316. The number of hydrogen-bond acceptors (Lipinski definition) is 4. The molecule has 5 heteroatoms. The lowest BCUT2D eigenvalue weighted by Crippen LogP contribution is -2.28. The number of amides is 1. The van der Waals surface area contributed by atoms with E-state index < -0.39 is 0 Å². The monoisotopic (exact) mass is 343 g/mol. The van der Waals surface area contributed by atoms with Crippen LogP contribution in [0.3, 0.4) is 0 Å². The molecule has 0 atom stereocenters. The number of rotatable bonds is 6. The molecule has 0 radical (unpaired) electrons. The summed E-state index contributed by atoms with van der Waals surface area (Å²) >= 11 is 1.91. The van der Waals surface area contributed by atoms with Gasteiger partial charge in [0.1, 0.15) is 0 Å². The van der Waals surface area contributed by atoms with Gasteiger partial charge in [0, 0.05) is 11.4 Å². The van der Waals surface area contributed by atoms with Crippen LogP contribution in [-0.4, -0.2) is 25.4 Å². The van der Waals surface area contributed by atoms with Crippen LogP contribution in [0.1, 0.15) is 17.5 Å². The second-order valence-electron chi connectivity index (χ2n) is 5.61. The Morgan fingerprint density at radius 3 is 2.88 bits per heavy atom. The second-order valence-corrected chi connectivity index (χ2v) is 6.75. The van der Waals surface area contributed by atoms with Gasteiger partial charge in [-0.2, -0.15) is 0 Å². The number of benzene rings is 2. The van der Waals surface area contributed by atoms with Gasteiger partial charge in [-0.05, 0) is 47.9 Å². The summed E-state index contributed by atoms with van der Waals surface area (Å²) in [5.74, 6) is 2.25. The summed E-state index contributed by atoms with van der Waals surface area (Å²) in [5.41, 5.74) is 2.52. The van der Waals surface area contributed by atoms with E-state index in [9.17, 15) is 4.79 Å². The van der Waals surface area contributed by atoms with Gasteiger partial charge < -0.3 is 14.8 Å². The van der Waals surface area contributed by atoms with Crippen molar-refractivity contribution in [2.75, 3.05) is 19.5 Å². The molecule has 126 valence electrons. The van der Waals surface area contributed by atoms with Crippen LogP contribution in [-0.2, 0) is 17.8 Å². The molecule has 3 rings (SSSR count). The highest BCUT2D eigenvalue weighted by atomic mass is 32.2. The molecule has 4 nitrogen and oxygen atoms in total. The predicted octanol–water partition coefficient (Wildman–Crippen LogP) is 3.43. The van der Waals surface area contributed by atoms with Gasteiger partial charge >= 0.3 is 0 Å². The van der Waals surface area contributed by atoms with Gasteiger partial charge in [-0.3, -0.25) is 4.79 Å². The van der Waals surface area contributed by atoms with Crippen LogP contribution in [0.25, 0.3) is 0 Å². The molecule has 1 heterocycles. The van der Waals surface area contributed by atoms with Crippen LogP contribution in [0.5, 0.6) is 11.5 Å². The summed E-state index contributed by atoms with van der Waals surface area (Å²) < 4.78 is 10.7. The Balaban J connectivity index is 1.50. The van der Waals surface area contributed by atoms with E-state index in [4.69, 9.17) is 9.47 Å². The molecule has 0 bridgehead atoms. The van der Waals surface area contributed by atoms with Gasteiger partial charge in [0.15, 0.2) is 18.1 Å². The third kappa shape index (κ3) is 4.23. The van der Waals surface area contributed by atoms with Crippen LogP contribution >= 0.6 is 11.8 Å². The zero-order valence-electron chi connectivity index (χ0n) is 13.7. The molecule has 0 unspecified atom stereocenters. The summed E-state index contributed by atoms with van der Waals surface area (Å²) in [7, 11) is 1.58. The zero-order chi connectivity index (χ0) is 16.8. The molecule has 0 fully saturated rings. The molecule has 24 heavy (non-hydrogen) atoms. The highest BCUT2D eigenvalue weighted by molar-refractivity contribution is 7.99. The normalized spacial score (nSPS) is 13.0. The Labute approximate surface area is 146 Å². The Kier molecular flexibility index (Phi) is 5.64. The van der Waals surface area contributed by atoms with E-state index in [1.54, 1.807) is 19.2 Å². The first-order valence-electron chi connectivity index (χ1n) is 8.03. The lowest BCUT2D eigenvalue weighted by atomic mass is 10.1. The third-order valence-electron chi connectivity index (χ3n) is 3.89. The first kappa shape index (κ1) is 16.7. The fourth-order valence-electron chi connectivity index (χ4n) is 2.66. The van der Waals surface area contributed by atoms with Crippen molar-refractivity contribution in [1.29, 1.82) is 0 Å². The van der Waals surface area contributed by atoms with E-state index >= 15 is 0 Å². The van der Waals surface area contributed by atoms with Crippen LogP contribution in [0.15, 0.2) is 47.4 Å². The van der Waals surface area contributed by atoms with E-state index in [0.717, 1.165) is 12.0 Å². The van der Waals surface area contributed by atoms with Crippen molar-refractivity contribution in [3.8, 4) is 11.5 Å². The zero-order valence-corrected chi connectivity index (χ0v) is 14.5. The number of carbonyl (C=O) groups is 1. The Hall–Kier alpha value is -2.14. The molecule has 0 aromatic heterocycles. The predicted molar refractivity (Wildman–Crippen MR) is 95.8 cm³/mol. The highest BCUT2D eigenvalue weighted by Gasteiger charge is 2.11. The molecule has 1 aliphatic rings. The number of ether oxygens (including phenoxy) is 2. The molecule has 0 saturated heterocycles. The fourth-order valence-corrected chi connectivity index (χ4v) is 3.68. The van der Waals surface area contributed by atoms with Gasteiger partial charge in [-0.25, -0.2) is 0 Å². The third-order valence-corrected chi connectivity index (χ3v) is 5.09. The second kappa shape index (κ2) is 8.11. The van der Waals surface area contributed by atoms with Gasteiger partial charge in [-0.15, -0.1) is 11.8 Å². The first-order valence-corrected chi connectivity index (χ1v) is 9.02. The molecule has 0 spiro atoms. The number of para-hydroxylation sites is 2. The number of methoxy groups -OCH3 is 1. The topological polar surface area (TPSA) is 47.6 Å². The van der Waals surface area contributed by atoms with E-state index in [1.165, 1.54) is 22.6 Å². The van der Waals surface area contributed by atoms with Crippen LogP contribution in [0.4, 0.5) is 0 Å². The highest BCUT2D eigenvalue weighted by Crippen LogP contribution is 2.30. The minimum Gasteiger partial charge on any atom is -0.493 e. The smallest absolute Gasteiger partial charge is 0.258 e. The van der Waals surface area contributed by atoms with Crippen molar-refractivity contribution in [3.63, 3.8) is 0 Å². The maximum atomic E-state index is 12.0. The van der Waals surface area contributed by atoms with Crippen molar-refractivity contribution in [2.45, 2.75) is 24.3 Å². The summed E-state index contributed by atoms with van der Waals surface area (Å²) in [5, 5.41) is 2.90. The van der Waals surface area contributed by atoms with Gasteiger partial charge in [0.25, 0.3) is 5.91 Å². The Morgan fingerprint density at radius 1 is 1.21 bits per heavy atom. The van der Waals surface area contributed by atoms with E-state index in [1.807, 2.05) is 23.9 Å². The molecule has 1 aliphatic heterocycles.